The molecule has 0 aliphatic heterocycles. The third-order valence-electron chi connectivity index (χ3n) is 5.40. The fourth-order valence-corrected chi connectivity index (χ4v) is 3.56. The minimum Gasteiger partial charge on any atom is -0.507 e. The number of aryl methyl sites for hydroxylation is 1. The number of rotatable bonds is 10. The molecule has 0 spiro atoms. The fraction of sp³-hybridized carbons (Fsp3) is 0.320. The Kier molecular flexibility index (Phi) is 7.71. The fourth-order valence-electron chi connectivity index (χ4n) is 3.56. The van der Waals surface area contributed by atoms with Gasteiger partial charge in [0.2, 0.25) is 0 Å². The molecule has 0 atom stereocenters. The summed E-state index contributed by atoms with van der Waals surface area (Å²) in [5.74, 6) is -1.46. The molecule has 0 aliphatic rings. The molecule has 1 aromatic heterocycles. The number of ether oxygens (including phenoxy) is 1. The molecule has 2 aromatic carbocycles. The van der Waals surface area contributed by atoms with Crippen molar-refractivity contribution < 1.29 is 24.5 Å². The van der Waals surface area contributed by atoms with Crippen molar-refractivity contribution in [3.8, 4) is 11.5 Å². The number of phenols is 1. The highest BCUT2D eigenvalue weighted by Crippen LogP contribution is 2.28. The van der Waals surface area contributed by atoms with Crippen molar-refractivity contribution in [3.63, 3.8) is 0 Å². The number of aromatic nitrogens is 1. The molecule has 0 saturated heterocycles. The second-order valence-corrected chi connectivity index (χ2v) is 7.91. The van der Waals surface area contributed by atoms with Gasteiger partial charge in [-0.3, -0.25) is 9.59 Å². The summed E-state index contributed by atoms with van der Waals surface area (Å²) in [4.78, 5) is 39.2. The normalized spacial score (nSPS) is 10.8. The lowest BCUT2D eigenvalue weighted by molar-refractivity contribution is 0.0693. The van der Waals surface area contributed by atoms with Crippen LogP contribution in [0.4, 0.5) is 0 Å². The number of carbonyl (C=O) groups excluding carboxylic acids is 1. The highest BCUT2D eigenvalue weighted by atomic mass is 16.5. The van der Waals surface area contributed by atoms with Crippen LogP contribution in [0.1, 0.15) is 58.0 Å². The molecule has 8 nitrogen and oxygen atoms in total. The topological polar surface area (TPSA) is 129 Å². The monoisotopic (exact) mass is 452 g/mol. The average molecular weight is 453 g/mol. The van der Waals surface area contributed by atoms with E-state index in [-0.39, 0.29) is 23.4 Å². The van der Waals surface area contributed by atoms with E-state index in [2.05, 4.69) is 17.2 Å². The third kappa shape index (κ3) is 5.71. The van der Waals surface area contributed by atoms with Crippen molar-refractivity contribution in [1.29, 1.82) is 0 Å². The van der Waals surface area contributed by atoms with Crippen LogP contribution in [0.15, 0.2) is 41.2 Å². The van der Waals surface area contributed by atoms with Gasteiger partial charge in [0.05, 0.1) is 12.1 Å². The highest BCUT2D eigenvalue weighted by Gasteiger charge is 2.15. The summed E-state index contributed by atoms with van der Waals surface area (Å²) in [5.41, 5.74) is 1.38. The minimum atomic E-state index is -1.23. The van der Waals surface area contributed by atoms with E-state index in [0.717, 1.165) is 24.8 Å². The Morgan fingerprint density at radius 3 is 2.61 bits per heavy atom. The van der Waals surface area contributed by atoms with Crippen molar-refractivity contribution in [2.24, 2.45) is 0 Å². The van der Waals surface area contributed by atoms with Crippen molar-refractivity contribution in [3.05, 3.63) is 69.0 Å². The number of H-pyrrole nitrogens is 1. The molecule has 0 saturated carbocycles. The van der Waals surface area contributed by atoms with E-state index in [1.165, 1.54) is 12.1 Å². The van der Waals surface area contributed by atoms with Crippen LogP contribution in [0.3, 0.4) is 0 Å². The first-order valence-corrected chi connectivity index (χ1v) is 10.9. The molecule has 4 N–H and O–H groups in total. The van der Waals surface area contributed by atoms with Gasteiger partial charge in [-0.25, -0.2) is 4.79 Å². The number of nitrogens with one attached hydrogen (secondary N) is 2. The van der Waals surface area contributed by atoms with Crippen LogP contribution >= 0.6 is 0 Å². The van der Waals surface area contributed by atoms with Crippen molar-refractivity contribution in [1.82, 2.24) is 10.3 Å². The SMILES string of the molecule is CCCCCOc1c(C)ccc2cc(C(=O)NCCc3ccc(O)c(C(=O)O)c3)c(=O)[nH]c12. The molecular formula is C25H28N2O6. The first kappa shape index (κ1) is 23.8. The van der Waals surface area contributed by atoms with Gasteiger partial charge in [-0.1, -0.05) is 38.0 Å². The molecule has 0 bridgehead atoms. The maximum Gasteiger partial charge on any atom is 0.339 e. The Morgan fingerprint density at radius 1 is 1.09 bits per heavy atom. The number of amides is 1. The number of aromatic hydroxyl groups is 1. The number of fused-ring (bicyclic) bond motifs is 1. The summed E-state index contributed by atoms with van der Waals surface area (Å²) >= 11 is 0. The van der Waals surface area contributed by atoms with Crippen LogP contribution in [-0.4, -0.2) is 40.2 Å². The molecule has 1 amide bonds. The molecule has 0 radical (unpaired) electrons. The summed E-state index contributed by atoms with van der Waals surface area (Å²) in [6, 6.07) is 9.52. The summed E-state index contributed by atoms with van der Waals surface area (Å²) < 4.78 is 5.93. The van der Waals surface area contributed by atoms with Crippen molar-refractivity contribution >= 4 is 22.8 Å². The van der Waals surface area contributed by atoms with Crippen LogP contribution < -0.4 is 15.6 Å². The Morgan fingerprint density at radius 2 is 1.88 bits per heavy atom. The molecule has 0 aliphatic carbocycles. The predicted octanol–water partition coefficient (Wildman–Crippen LogP) is 3.78. The van der Waals surface area contributed by atoms with Gasteiger partial charge in [-0.2, -0.15) is 0 Å². The smallest absolute Gasteiger partial charge is 0.339 e. The molecule has 174 valence electrons. The average Bonchev–Trinajstić information content (AvgIpc) is 2.78. The van der Waals surface area contributed by atoms with Crippen LogP contribution in [0.2, 0.25) is 0 Å². The second-order valence-electron chi connectivity index (χ2n) is 7.91. The van der Waals surface area contributed by atoms with E-state index < -0.39 is 17.4 Å². The molecule has 0 unspecified atom stereocenters. The molecular weight excluding hydrogens is 424 g/mol. The van der Waals surface area contributed by atoms with Gasteiger partial charge in [-0.15, -0.1) is 0 Å². The second kappa shape index (κ2) is 10.7. The number of hydrogen-bond donors (Lipinski definition) is 4. The Bertz CT molecular complexity index is 1230. The molecule has 0 fully saturated rings. The lowest BCUT2D eigenvalue weighted by atomic mass is 10.1. The number of aromatic amines is 1. The Balaban J connectivity index is 1.73. The number of carboxylic acid groups (broad SMARTS) is 1. The lowest BCUT2D eigenvalue weighted by Crippen LogP contribution is -2.31. The Hall–Kier alpha value is -3.81. The molecule has 3 rings (SSSR count). The predicted molar refractivity (Wildman–Crippen MR) is 125 cm³/mol. The first-order chi connectivity index (χ1) is 15.8. The van der Waals surface area contributed by atoms with E-state index in [0.29, 0.717) is 35.2 Å². The summed E-state index contributed by atoms with van der Waals surface area (Å²) in [7, 11) is 0. The van der Waals surface area contributed by atoms with E-state index >= 15 is 0 Å². The van der Waals surface area contributed by atoms with Gasteiger partial charge in [0, 0.05) is 11.9 Å². The van der Waals surface area contributed by atoms with E-state index in [9.17, 15) is 19.5 Å². The molecule has 1 heterocycles. The zero-order valence-corrected chi connectivity index (χ0v) is 18.7. The van der Waals surface area contributed by atoms with Gasteiger partial charge in [0.15, 0.2) is 0 Å². The lowest BCUT2D eigenvalue weighted by Gasteiger charge is -2.13. The highest BCUT2D eigenvalue weighted by molar-refractivity contribution is 5.98. The van der Waals surface area contributed by atoms with E-state index in [1.54, 1.807) is 12.1 Å². The maximum atomic E-state index is 12.6. The maximum absolute atomic E-state index is 12.6. The van der Waals surface area contributed by atoms with Crippen LogP contribution in [-0.2, 0) is 6.42 Å². The largest absolute Gasteiger partial charge is 0.507 e. The minimum absolute atomic E-state index is 0.0137. The summed E-state index contributed by atoms with van der Waals surface area (Å²) in [6.07, 6.45) is 3.41. The number of pyridine rings is 1. The van der Waals surface area contributed by atoms with Crippen molar-refractivity contribution in [2.75, 3.05) is 13.2 Å². The van der Waals surface area contributed by atoms with E-state index in [1.807, 2.05) is 19.1 Å². The van der Waals surface area contributed by atoms with E-state index in [4.69, 9.17) is 9.84 Å². The zero-order valence-electron chi connectivity index (χ0n) is 18.7. The standard InChI is InChI=1S/C25H28N2O6/c1-3-4-5-12-33-22-15(2)6-8-17-14-19(24(30)27-21(17)22)23(29)26-11-10-16-7-9-20(28)18(13-16)25(31)32/h6-9,13-14,28H,3-5,10-12H2,1-2H3,(H,26,29)(H,27,30)(H,31,32). The Labute approximate surface area is 191 Å². The third-order valence-corrected chi connectivity index (χ3v) is 5.40. The number of aromatic carboxylic acids is 1. The van der Waals surface area contributed by atoms with Gasteiger partial charge in [0.1, 0.15) is 22.6 Å². The number of hydrogen-bond acceptors (Lipinski definition) is 5. The summed E-state index contributed by atoms with van der Waals surface area (Å²) in [6.45, 7) is 4.77. The number of carboxylic acids is 1. The summed E-state index contributed by atoms with van der Waals surface area (Å²) in [5, 5.41) is 22.1. The quantitative estimate of drug-likeness (QED) is 0.347. The van der Waals surface area contributed by atoms with Crippen LogP contribution in [0.5, 0.6) is 11.5 Å². The van der Waals surface area contributed by atoms with Crippen LogP contribution in [0.25, 0.3) is 10.9 Å². The van der Waals surface area contributed by atoms with Crippen LogP contribution in [0, 0.1) is 6.92 Å². The van der Waals surface area contributed by atoms with Crippen molar-refractivity contribution in [2.45, 2.75) is 39.5 Å². The van der Waals surface area contributed by atoms with Gasteiger partial charge < -0.3 is 25.3 Å². The number of unbranched alkanes of at least 4 members (excludes halogenated alkanes) is 2. The number of carbonyl (C=O) groups is 2. The molecule has 3 aromatic rings. The van der Waals surface area contributed by atoms with Gasteiger partial charge >= 0.3 is 5.97 Å². The first-order valence-electron chi connectivity index (χ1n) is 10.9. The molecule has 33 heavy (non-hydrogen) atoms. The van der Waals surface area contributed by atoms with Gasteiger partial charge in [-0.05, 0) is 49.1 Å². The zero-order chi connectivity index (χ0) is 24.0. The molecule has 8 heteroatoms. The number of benzene rings is 2. The van der Waals surface area contributed by atoms with Gasteiger partial charge in [0.25, 0.3) is 11.5 Å².